The Bertz CT molecular complexity index is 307. The van der Waals surface area contributed by atoms with Gasteiger partial charge in [0.05, 0.1) is 11.7 Å². The molecule has 0 saturated heterocycles. The molecule has 0 heterocycles. The summed E-state index contributed by atoms with van der Waals surface area (Å²) in [7, 11) is 0. The van der Waals surface area contributed by atoms with E-state index in [0.717, 1.165) is 11.3 Å². The van der Waals surface area contributed by atoms with Crippen molar-refractivity contribution in [2.24, 2.45) is 15.7 Å². The standard InChI is InChI=1S/C10H13N3/c1-2-12-8-13-10-5-3-9(7-11)4-6-10/h3-6H,2,7,11H2,1H3. The molecule has 0 aromatic heterocycles. The van der Waals surface area contributed by atoms with Crippen molar-refractivity contribution >= 4 is 11.7 Å². The second-order valence-corrected chi connectivity index (χ2v) is 2.56. The summed E-state index contributed by atoms with van der Waals surface area (Å²) >= 11 is 0. The molecule has 13 heavy (non-hydrogen) atoms. The number of hydrogen-bond acceptors (Lipinski definition) is 3. The van der Waals surface area contributed by atoms with Gasteiger partial charge in [-0.3, -0.25) is 0 Å². The third-order valence-electron chi connectivity index (χ3n) is 1.58. The summed E-state index contributed by atoms with van der Waals surface area (Å²) in [4.78, 5) is 7.88. The highest BCUT2D eigenvalue weighted by molar-refractivity contribution is 5.52. The predicted octanol–water partition coefficient (Wildman–Crippen LogP) is 1.97. The maximum Gasteiger partial charge on any atom is 0.0948 e. The summed E-state index contributed by atoms with van der Waals surface area (Å²) < 4.78 is 0. The Labute approximate surface area is 78.0 Å². The Morgan fingerprint density at radius 2 is 2.00 bits per heavy atom. The van der Waals surface area contributed by atoms with Gasteiger partial charge in [-0.1, -0.05) is 12.1 Å². The first kappa shape index (κ1) is 9.65. The third-order valence-corrected chi connectivity index (χ3v) is 1.58. The summed E-state index contributed by atoms with van der Waals surface area (Å²) in [6.07, 6.45) is 0. The Hall–Kier alpha value is -1.44. The highest BCUT2D eigenvalue weighted by Gasteiger charge is 1.88. The Morgan fingerprint density at radius 3 is 2.54 bits per heavy atom. The van der Waals surface area contributed by atoms with Crippen LogP contribution in [-0.4, -0.2) is 12.6 Å². The lowest BCUT2D eigenvalue weighted by Crippen LogP contribution is -1.94. The van der Waals surface area contributed by atoms with E-state index in [1.165, 1.54) is 0 Å². The van der Waals surface area contributed by atoms with Crippen molar-refractivity contribution in [1.82, 2.24) is 0 Å². The van der Waals surface area contributed by atoms with Gasteiger partial charge >= 0.3 is 0 Å². The van der Waals surface area contributed by atoms with Gasteiger partial charge in [-0.05, 0) is 24.6 Å². The SMILES string of the molecule is CCN=C=Nc1ccc(CN)cc1. The van der Waals surface area contributed by atoms with E-state index in [4.69, 9.17) is 5.73 Å². The van der Waals surface area contributed by atoms with Gasteiger partial charge < -0.3 is 5.73 Å². The molecule has 0 radical (unpaired) electrons. The smallest absolute Gasteiger partial charge is 0.0948 e. The van der Waals surface area contributed by atoms with Crippen LogP contribution in [0, 0.1) is 0 Å². The minimum Gasteiger partial charge on any atom is -0.326 e. The molecular weight excluding hydrogens is 162 g/mol. The molecule has 0 bridgehead atoms. The molecule has 0 atom stereocenters. The molecular formula is C10H13N3. The first-order valence-corrected chi connectivity index (χ1v) is 4.28. The number of aliphatic imine (C=N–C) groups is 2. The van der Waals surface area contributed by atoms with Gasteiger partial charge in [0.2, 0.25) is 0 Å². The third kappa shape index (κ3) is 3.20. The van der Waals surface area contributed by atoms with E-state index >= 15 is 0 Å². The molecule has 0 amide bonds. The van der Waals surface area contributed by atoms with Crippen LogP contribution >= 0.6 is 0 Å². The molecule has 3 heteroatoms. The minimum atomic E-state index is 0.563. The van der Waals surface area contributed by atoms with Crippen molar-refractivity contribution in [3.05, 3.63) is 29.8 Å². The highest BCUT2D eigenvalue weighted by atomic mass is 14.8. The average molecular weight is 175 g/mol. The van der Waals surface area contributed by atoms with Crippen molar-refractivity contribution in [2.75, 3.05) is 6.54 Å². The molecule has 0 fully saturated rings. The average Bonchev–Trinajstić information content (AvgIpc) is 2.19. The van der Waals surface area contributed by atoms with Gasteiger partial charge in [0.15, 0.2) is 0 Å². The van der Waals surface area contributed by atoms with E-state index in [1.807, 2.05) is 31.2 Å². The highest BCUT2D eigenvalue weighted by Crippen LogP contribution is 2.11. The van der Waals surface area contributed by atoms with Gasteiger partial charge in [0, 0.05) is 13.1 Å². The van der Waals surface area contributed by atoms with E-state index < -0.39 is 0 Å². The van der Waals surface area contributed by atoms with Gasteiger partial charge in [0.1, 0.15) is 0 Å². The zero-order chi connectivity index (χ0) is 9.52. The number of nitrogens with zero attached hydrogens (tertiary/aromatic N) is 2. The van der Waals surface area contributed by atoms with E-state index in [-0.39, 0.29) is 0 Å². The number of rotatable bonds is 3. The van der Waals surface area contributed by atoms with E-state index in [9.17, 15) is 0 Å². The zero-order valence-electron chi connectivity index (χ0n) is 7.70. The molecule has 68 valence electrons. The second-order valence-electron chi connectivity index (χ2n) is 2.56. The fourth-order valence-electron chi connectivity index (χ4n) is 0.870. The monoisotopic (exact) mass is 175 g/mol. The van der Waals surface area contributed by atoms with E-state index in [1.54, 1.807) is 0 Å². The quantitative estimate of drug-likeness (QED) is 0.701. The number of benzene rings is 1. The first-order valence-electron chi connectivity index (χ1n) is 4.28. The van der Waals surface area contributed by atoms with Crippen molar-refractivity contribution in [2.45, 2.75) is 13.5 Å². The van der Waals surface area contributed by atoms with Crippen LogP contribution in [0.5, 0.6) is 0 Å². The molecule has 1 aromatic carbocycles. The first-order chi connectivity index (χ1) is 6.36. The van der Waals surface area contributed by atoms with Crippen LogP contribution < -0.4 is 5.73 Å². The van der Waals surface area contributed by atoms with Crippen molar-refractivity contribution in [3.63, 3.8) is 0 Å². The number of nitrogens with two attached hydrogens (primary N) is 1. The van der Waals surface area contributed by atoms with Crippen LogP contribution in [0.2, 0.25) is 0 Å². The van der Waals surface area contributed by atoms with Crippen LogP contribution in [0.1, 0.15) is 12.5 Å². The van der Waals surface area contributed by atoms with Gasteiger partial charge in [-0.25, -0.2) is 4.99 Å². The molecule has 0 aliphatic carbocycles. The maximum atomic E-state index is 5.46. The summed E-state index contributed by atoms with van der Waals surface area (Å²) in [6.45, 7) is 3.22. The summed E-state index contributed by atoms with van der Waals surface area (Å²) in [5.41, 5.74) is 7.42. The second kappa shape index (κ2) is 5.25. The lowest BCUT2D eigenvalue weighted by atomic mass is 10.2. The lowest BCUT2D eigenvalue weighted by molar-refractivity contribution is 1.07. The zero-order valence-corrected chi connectivity index (χ0v) is 7.70. The van der Waals surface area contributed by atoms with Gasteiger partial charge in [-0.15, -0.1) is 0 Å². The molecule has 1 rings (SSSR count). The number of hydrogen-bond donors (Lipinski definition) is 1. The van der Waals surface area contributed by atoms with Crippen LogP contribution in [0.4, 0.5) is 5.69 Å². The molecule has 0 aliphatic rings. The summed E-state index contributed by atoms with van der Waals surface area (Å²) in [6, 6.07) is 10.3. The lowest BCUT2D eigenvalue weighted by Gasteiger charge is -1.94. The Morgan fingerprint density at radius 1 is 1.31 bits per heavy atom. The van der Waals surface area contributed by atoms with Gasteiger partial charge in [-0.2, -0.15) is 4.99 Å². The Balaban J connectivity index is 2.75. The van der Waals surface area contributed by atoms with Crippen molar-refractivity contribution in [1.29, 1.82) is 0 Å². The summed E-state index contributed by atoms with van der Waals surface area (Å²) in [5, 5.41) is 0. The Kier molecular flexibility index (Phi) is 3.89. The molecule has 0 saturated carbocycles. The predicted molar refractivity (Wildman–Crippen MR) is 54.4 cm³/mol. The molecule has 0 unspecified atom stereocenters. The summed E-state index contributed by atoms with van der Waals surface area (Å²) in [5.74, 6) is 0. The molecule has 0 spiro atoms. The van der Waals surface area contributed by atoms with Crippen LogP contribution in [0.15, 0.2) is 34.3 Å². The maximum absolute atomic E-state index is 5.46. The topological polar surface area (TPSA) is 50.7 Å². The van der Waals surface area contributed by atoms with Crippen molar-refractivity contribution < 1.29 is 0 Å². The van der Waals surface area contributed by atoms with Crippen LogP contribution in [0.25, 0.3) is 0 Å². The molecule has 0 aliphatic heterocycles. The largest absolute Gasteiger partial charge is 0.326 e. The molecule has 1 aromatic rings. The fraction of sp³-hybridized carbons (Fsp3) is 0.300. The normalized spacial score (nSPS) is 9.08. The molecule has 2 N–H and O–H groups in total. The van der Waals surface area contributed by atoms with E-state index in [0.29, 0.717) is 13.1 Å². The minimum absolute atomic E-state index is 0.563. The van der Waals surface area contributed by atoms with E-state index in [2.05, 4.69) is 16.0 Å². The van der Waals surface area contributed by atoms with Gasteiger partial charge in [0.25, 0.3) is 0 Å². The fourth-order valence-corrected chi connectivity index (χ4v) is 0.870. The molecule has 3 nitrogen and oxygen atoms in total. The van der Waals surface area contributed by atoms with Crippen LogP contribution in [-0.2, 0) is 6.54 Å². The van der Waals surface area contributed by atoms with Crippen molar-refractivity contribution in [3.8, 4) is 0 Å². The van der Waals surface area contributed by atoms with Crippen LogP contribution in [0.3, 0.4) is 0 Å².